The highest BCUT2D eigenvalue weighted by Gasteiger charge is 2.38. The molecule has 3 heterocycles. The van der Waals surface area contributed by atoms with Gasteiger partial charge < -0.3 is 15.2 Å². The highest BCUT2D eigenvalue weighted by molar-refractivity contribution is 7.80. The molecule has 0 spiro atoms. The third-order valence-corrected chi connectivity index (χ3v) is 6.78. The van der Waals surface area contributed by atoms with E-state index in [0.29, 0.717) is 22.2 Å². The zero-order valence-electron chi connectivity index (χ0n) is 18.3. The van der Waals surface area contributed by atoms with E-state index in [4.69, 9.17) is 17.0 Å². The fourth-order valence-corrected chi connectivity index (χ4v) is 4.41. The first-order valence-corrected chi connectivity index (χ1v) is 10.6. The van der Waals surface area contributed by atoms with Gasteiger partial charge in [-0.1, -0.05) is 12.2 Å². The molecule has 30 heavy (non-hydrogen) atoms. The molecule has 5 nitrogen and oxygen atoms in total. The molecule has 1 aliphatic heterocycles. The molecule has 1 aliphatic rings. The number of phenols is 1. The Kier molecular flexibility index (Phi) is 4.93. The van der Waals surface area contributed by atoms with E-state index in [2.05, 4.69) is 28.3 Å². The normalized spacial score (nSPS) is 18.1. The minimum absolute atomic E-state index is 0.359. The standard InChI is InChI=1S/C24H27N3O2S/c1-12-11-13(2)25-22-17(12)7-8-19(26-22)27-23(30)24(6)10-9-18-16(5)20(28)14(3)15(4)21(18)29-24/h7-8,11,28H,9-10H2,1-6H3,(H,25,26,27,30). The molecule has 0 fully saturated rings. The lowest BCUT2D eigenvalue weighted by molar-refractivity contribution is 0.134. The number of aromatic nitrogens is 2. The number of aryl methyl sites for hydroxylation is 2. The van der Waals surface area contributed by atoms with Gasteiger partial charge in [0.15, 0.2) is 11.2 Å². The number of aromatic hydroxyl groups is 1. The first kappa shape index (κ1) is 20.5. The van der Waals surface area contributed by atoms with Crippen LogP contribution in [0.15, 0.2) is 18.2 Å². The molecule has 3 aromatic rings. The number of fused-ring (bicyclic) bond motifs is 2. The van der Waals surface area contributed by atoms with Gasteiger partial charge in [0.2, 0.25) is 0 Å². The molecule has 2 aromatic heterocycles. The molecule has 1 atom stereocenters. The zero-order valence-corrected chi connectivity index (χ0v) is 19.1. The molecule has 0 radical (unpaired) electrons. The van der Waals surface area contributed by atoms with Crippen LogP contribution in [0.5, 0.6) is 11.5 Å². The Morgan fingerprint density at radius 1 is 1.10 bits per heavy atom. The number of nitrogens with zero attached hydrogens (tertiary/aromatic N) is 2. The third-order valence-electron chi connectivity index (χ3n) is 6.25. The Balaban J connectivity index is 1.64. The number of phenolic OH excluding ortho intramolecular Hbond substituents is 1. The summed E-state index contributed by atoms with van der Waals surface area (Å²) < 4.78 is 6.47. The maximum absolute atomic E-state index is 10.4. The van der Waals surface area contributed by atoms with Gasteiger partial charge >= 0.3 is 0 Å². The maximum Gasteiger partial charge on any atom is 0.162 e. The second kappa shape index (κ2) is 7.20. The van der Waals surface area contributed by atoms with E-state index in [1.165, 1.54) is 0 Å². The Labute approximate surface area is 182 Å². The number of anilines is 1. The molecule has 156 valence electrons. The minimum Gasteiger partial charge on any atom is -0.507 e. The molecule has 4 rings (SSSR count). The van der Waals surface area contributed by atoms with E-state index >= 15 is 0 Å². The van der Waals surface area contributed by atoms with Gasteiger partial charge in [-0.25, -0.2) is 9.97 Å². The quantitative estimate of drug-likeness (QED) is 0.540. The van der Waals surface area contributed by atoms with Gasteiger partial charge in [0, 0.05) is 16.6 Å². The van der Waals surface area contributed by atoms with E-state index < -0.39 is 5.60 Å². The molecule has 0 saturated carbocycles. The van der Waals surface area contributed by atoms with Gasteiger partial charge in [-0.3, -0.25) is 0 Å². The van der Waals surface area contributed by atoms with Crippen LogP contribution in [0.4, 0.5) is 5.82 Å². The van der Waals surface area contributed by atoms with Crippen molar-refractivity contribution >= 4 is 34.1 Å². The van der Waals surface area contributed by atoms with E-state index in [1.54, 1.807) is 0 Å². The molecule has 0 aliphatic carbocycles. The van der Waals surface area contributed by atoms with Gasteiger partial charge in [0.1, 0.15) is 22.3 Å². The summed E-state index contributed by atoms with van der Waals surface area (Å²) in [7, 11) is 0. The second-order valence-electron chi connectivity index (χ2n) is 8.47. The number of pyridine rings is 2. The lowest BCUT2D eigenvalue weighted by atomic mass is 9.87. The average molecular weight is 422 g/mol. The van der Waals surface area contributed by atoms with Crippen molar-refractivity contribution in [1.82, 2.24) is 9.97 Å². The monoisotopic (exact) mass is 421 g/mol. The average Bonchev–Trinajstić information content (AvgIpc) is 2.70. The summed E-state index contributed by atoms with van der Waals surface area (Å²) in [6.45, 7) is 11.9. The molecule has 2 N–H and O–H groups in total. The van der Waals surface area contributed by atoms with Crippen LogP contribution in [0, 0.1) is 34.6 Å². The molecule has 0 saturated heterocycles. The number of thiocarbonyl (C=S) groups is 1. The first-order chi connectivity index (χ1) is 14.1. The Morgan fingerprint density at radius 2 is 1.83 bits per heavy atom. The van der Waals surface area contributed by atoms with Crippen LogP contribution in [0.3, 0.4) is 0 Å². The SMILES string of the molecule is Cc1cc(C)c2ccc(NC(=S)C3(C)CCc4c(C)c(O)c(C)c(C)c4O3)nc2n1. The molecule has 1 aromatic carbocycles. The number of hydrogen-bond donors (Lipinski definition) is 2. The highest BCUT2D eigenvalue weighted by atomic mass is 32.1. The Hall–Kier alpha value is -2.73. The third kappa shape index (κ3) is 3.29. The lowest BCUT2D eigenvalue weighted by Crippen LogP contribution is -2.47. The van der Waals surface area contributed by atoms with Crippen molar-refractivity contribution in [3.05, 3.63) is 51.7 Å². The molecular weight excluding hydrogens is 394 g/mol. The molecule has 1 unspecified atom stereocenters. The predicted octanol–water partition coefficient (Wildman–Crippen LogP) is 5.40. The fourth-order valence-electron chi connectivity index (χ4n) is 4.16. The van der Waals surface area contributed by atoms with Crippen LogP contribution in [0.1, 0.15) is 46.9 Å². The van der Waals surface area contributed by atoms with Crippen LogP contribution in [-0.4, -0.2) is 25.7 Å². The molecule has 6 heteroatoms. The van der Waals surface area contributed by atoms with Crippen molar-refractivity contribution in [3.8, 4) is 11.5 Å². The van der Waals surface area contributed by atoms with E-state index in [9.17, 15) is 5.11 Å². The number of nitrogens with one attached hydrogen (secondary N) is 1. The van der Waals surface area contributed by atoms with Crippen LogP contribution >= 0.6 is 12.2 Å². The summed E-state index contributed by atoms with van der Waals surface area (Å²) in [6, 6.07) is 6.00. The maximum atomic E-state index is 10.4. The summed E-state index contributed by atoms with van der Waals surface area (Å²) in [4.78, 5) is 9.81. The van der Waals surface area contributed by atoms with Crippen molar-refractivity contribution in [1.29, 1.82) is 0 Å². The zero-order chi connectivity index (χ0) is 21.8. The first-order valence-electron chi connectivity index (χ1n) is 10.2. The van der Waals surface area contributed by atoms with E-state index in [-0.39, 0.29) is 0 Å². The number of rotatable bonds is 2. The predicted molar refractivity (Wildman–Crippen MR) is 125 cm³/mol. The van der Waals surface area contributed by atoms with Gasteiger partial charge in [-0.05, 0) is 94.8 Å². The van der Waals surface area contributed by atoms with Crippen molar-refractivity contribution in [2.75, 3.05) is 5.32 Å². The lowest BCUT2D eigenvalue weighted by Gasteiger charge is -2.38. The largest absolute Gasteiger partial charge is 0.507 e. The summed E-state index contributed by atoms with van der Waals surface area (Å²) in [5.74, 6) is 1.85. The topological polar surface area (TPSA) is 67.3 Å². The molecule has 0 bridgehead atoms. The van der Waals surface area contributed by atoms with Crippen molar-refractivity contribution in [3.63, 3.8) is 0 Å². The van der Waals surface area contributed by atoms with Crippen LogP contribution in [0.2, 0.25) is 0 Å². The van der Waals surface area contributed by atoms with Gasteiger partial charge in [-0.2, -0.15) is 0 Å². The second-order valence-corrected chi connectivity index (χ2v) is 8.87. The highest BCUT2D eigenvalue weighted by Crippen LogP contribution is 2.43. The van der Waals surface area contributed by atoms with Crippen molar-refractivity contribution in [2.24, 2.45) is 0 Å². The van der Waals surface area contributed by atoms with Crippen LogP contribution in [-0.2, 0) is 6.42 Å². The number of ether oxygens (including phenoxy) is 1. The fraction of sp³-hybridized carbons (Fsp3) is 0.375. The number of benzene rings is 1. The van der Waals surface area contributed by atoms with Crippen molar-refractivity contribution in [2.45, 2.75) is 60.0 Å². The molecular formula is C24H27N3O2S. The summed E-state index contributed by atoms with van der Waals surface area (Å²) in [5.41, 5.74) is 5.91. The minimum atomic E-state index is -0.657. The Bertz CT molecular complexity index is 1210. The summed E-state index contributed by atoms with van der Waals surface area (Å²) in [5, 5.41) is 14.7. The van der Waals surface area contributed by atoms with Gasteiger partial charge in [-0.15, -0.1) is 0 Å². The van der Waals surface area contributed by atoms with Gasteiger partial charge in [0.05, 0.1) is 0 Å². The summed E-state index contributed by atoms with van der Waals surface area (Å²) >= 11 is 5.76. The van der Waals surface area contributed by atoms with Crippen LogP contribution < -0.4 is 10.1 Å². The number of hydrogen-bond acceptors (Lipinski definition) is 5. The molecule has 0 amide bonds. The van der Waals surface area contributed by atoms with E-state index in [0.717, 1.165) is 57.5 Å². The van der Waals surface area contributed by atoms with Gasteiger partial charge in [0.25, 0.3) is 0 Å². The smallest absolute Gasteiger partial charge is 0.162 e. The van der Waals surface area contributed by atoms with Crippen molar-refractivity contribution < 1.29 is 9.84 Å². The van der Waals surface area contributed by atoms with E-state index in [1.807, 2.05) is 46.8 Å². The Morgan fingerprint density at radius 3 is 2.57 bits per heavy atom. The van der Waals surface area contributed by atoms with Crippen LogP contribution in [0.25, 0.3) is 11.0 Å². The summed E-state index contributed by atoms with van der Waals surface area (Å²) in [6.07, 6.45) is 1.51.